The number of nitrogens with one attached hydrogen (secondary N) is 1. The molecule has 0 fully saturated rings. The van der Waals surface area contributed by atoms with Crippen molar-refractivity contribution < 1.29 is 9.90 Å². The van der Waals surface area contributed by atoms with Crippen LogP contribution in [-0.2, 0) is 0 Å². The average Bonchev–Trinajstić information content (AvgIpc) is 2.29. The van der Waals surface area contributed by atoms with Crippen LogP contribution in [0.25, 0.3) is 0 Å². The maximum atomic E-state index is 10.4. The molecule has 0 spiro atoms. The van der Waals surface area contributed by atoms with Gasteiger partial charge in [-0.05, 0) is 30.7 Å². The van der Waals surface area contributed by atoms with Crippen LogP contribution in [0.2, 0.25) is 0 Å². The summed E-state index contributed by atoms with van der Waals surface area (Å²) in [4.78, 5) is 10.4. The molecule has 1 aromatic rings. The lowest BCUT2D eigenvalue weighted by Crippen LogP contribution is -2.26. The molecular formula is C12H17NO2. The number of anilines is 1. The highest BCUT2D eigenvalue weighted by molar-refractivity contribution is 5.75. The van der Waals surface area contributed by atoms with Crippen LogP contribution in [0.1, 0.15) is 30.6 Å². The van der Waals surface area contributed by atoms with Gasteiger partial charge in [-0.15, -0.1) is 0 Å². The quantitative estimate of drug-likeness (QED) is 0.575. The first-order chi connectivity index (χ1) is 7.17. The minimum Gasteiger partial charge on any atom is -0.374 e. The predicted molar refractivity (Wildman–Crippen MR) is 60.9 cm³/mol. The van der Waals surface area contributed by atoms with Gasteiger partial charge in [0, 0.05) is 17.2 Å². The van der Waals surface area contributed by atoms with E-state index in [1.54, 1.807) is 24.3 Å². The van der Waals surface area contributed by atoms with E-state index in [9.17, 15) is 9.90 Å². The molecule has 0 aliphatic rings. The Hall–Kier alpha value is -1.35. The molecule has 82 valence electrons. The highest BCUT2D eigenvalue weighted by Gasteiger charge is 2.11. The molecule has 0 heterocycles. The summed E-state index contributed by atoms with van der Waals surface area (Å²) in [6.45, 7) is 4.02. The monoisotopic (exact) mass is 207 g/mol. The van der Waals surface area contributed by atoms with E-state index in [0.717, 1.165) is 18.4 Å². The van der Waals surface area contributed by atoms with Gasteiger partial charge >= 0.3 is 0 Å². The van der Waals surface area contributed by atoms with Crippen LogP contribution >= 0.6 is 0 Å². The first-order valence-electron chi connectivity index (χ1n) is 5.17. The number of carbonyl (C=O) groups excluding carboxylic acids is 1. The molecule has 15 heavy (non-hydrogen) atoms. The summed E-state index contributed by atoms with van der Waals surface area (Å²) in [5.41, 5.74) is 1.46. The molecule has 0 aromatic heterocycles. The molecule has 0 aliphatic heterocycles. The number of aldehydes is 1. The number of aliphatic hydroxyl groups excluding tert-OH is 1. The Bertz CT molecular complexity index is 308. The van der Waals surface area contributed by atoms with Gasteiger partial charge in [0.15, 0.2) is 0 Å². The largest absolute Gasteiger partial charge is 0.374 e. The molecule has 1 unspecified atom stereocenters. The second-order valence-corrected chi connectivity index (χ2v) is 3.71. The van der Waals surface area contributed by atoms with Gasteiger partial charge in [0.25, 0.3) is 0 Å². The third kappa shape index (κ3) is 3.36. The predicted octanol–water partition coefficient (Wildman–Crippen LogP) is 2.28. The van der Waals surface area contributed by atoms with Crippen LogP contribution in [0.4, 0.5) is 5.69 Å². The first kappa shape index (κ1) is 11.7. The van der Waals surface area contributed by atoms with Crippen molar-refractivity contribution in [2.45, 2.75) is 26.5 Å². The third-order valence-electron chi connectivity index (χ3n) is 2.54. The number of aliphatic hydroxyl groups is 1. The Morgan fingerprint density at radius 3 is 2.47 bits per heavy atom. The van der Waals surface area contributed by atoms with E-state index in [1.165, 1.54) is 0 Å². The normalized spacial score (nSPS) is 14.3. The van der Waals surface area contributed by atoms with Crippen molar-refractivity contribution in [3.8, 4) is 0 Å². The molecule has 3 heteroatoms. The average molecular weight is 207 g/mol. The van der Waals surface area contributed by atoms with Crippen molar-refractivity contribution in [1.29, 1.82) is 0 Å². The third-order valence-corrected chi connectivity index (χ3v) is 2.54. The zero-order valence-corrected chi connectivity index (χ0v) is 9.10. The van der Waals surface area contributed by atoms with Crippen LogP contribution in [0, 0.1) is 5.92 Å². The van der Waals surface area contributed by atoms with Gasteiger partial charge in [-0.3, -0.25) is 4.79 Å². The molecular weight excluding hydrogens is 190 g/mol. The summed E-state index contributed by atoms with van der Waals surface area (Å²) in [6, 6.07) is 7.02. The molecule has 0 amide bonds. The highest BCUT2D eigenvalue weighted by Crippen LogP contribution is 2.13. The fraction of sp³-hybridized carbons (Fsp3) is 0.417. The zero-order valence-electron chi connectivity index (χ0n) is 9.10. The summed E-state index contributed by atoms with van der Waals surface area (Å²) in [6.07, 6.45) is 1.17. The van der Waals surface area contributed by atoms with Gasteiger partial charge in [0.05, 0.1) is 0 Å². The smallest absolute Gasteiger partial charge is 0.150 e. The van der Waals surface area contributed by atoms with Crippen molar-refractivity contribution in [2.24, 2.45) is 5.92 Å². The van der Waals surface area contributed by atoms with E-state index in [-0.39, 0.29) is 5.92 Å². The number of rotatable bonds is 5. The summed E-state index contributed by atoms with van der Waals surface area (Å²) in [7, 11) is 0. The Morgan fingerprint density at radius 1 is 1.40 bits per heavy atom. The Balaban J connectivity index is 2.60. The van der Waals surface area contributed by atoms with Gasteiger partial charge in [0.2, 0.25) is 0 Å². The van der Waals surface area contributed by atoms with Crippen LogP contribution in [0.5, 0.6) is 0 Å². The summed E-state index contributed by atoms with van der Waals surface area (Å²) in [5.74, 6) is 0.204. The number of hydrogen-bond donors (Lipinski definition) is 2. The Kier molecular flexibility index (Phi) is 4.31. The lowest BCUT2D eigenvalue weighted by molar-refractivity contribution is 0.112. The minimum atomic E-state index is -0.544. The van der Waals surface area contributed by atoms with Gasteiger partial charge in [-0.2, -0.15) is 0 Å². The summed E-state index contributed by atoms with van der Waals surface area (Å²) in [5, 5.41) is 12.7. The van der Waals surface area contributed by atoms with Crippen molar-refractivity contribution in [2.75, 3.05) is 5.32 Å². The number of benzene rings is 1. The Labute approximate surface area is 90.1 Å². The zero-order chi connectivity index (χ0) is 11.3. The van der Waals surface area contributed by atoms with Gasteiger partial charge < -0.3 is 10.4 Å². The summed E-state index contributed by atoms with van der Waals surface area (Å²) >= 11 is 0. The first-order valence-corrected chi connectivity index (χ1v) is 5.17. The van der Waals surface area contributed by atoms with E-state index in [0.29, 0.717) is 5.56 Å². The maximum absolute atomic E-state index is 10.4. The van der Waals surface area contributed by atoms with Crippen molar-refractivity contribution in [1.82, 2.24) is 0 Å². The van der Waals surface area contributed by atoms with Crippen LogP contribution < -0.4 is 5.32 Å². The molecule has 1 rings (SSSR count). The van der Waals surface area contributed by atoms with E-state index >= 15 is 0 Å². The van der Waals surface area contributed by atoms with Gasteiger partial charge in [-0.25, -0.2) is 0 Å². The summed E-state index contributed by atoms with van der Waals surface area (Å²) < 4.78 is 0. The number of hydrogen-bond acceptors (Lipinski definition) is 3. The fourth-order valence-corrected chi connectivity index (χ4v) is 1.19. The molecule has 0 radical (unpaired) electrons. The maximum Gasteiger partial charge on any atom is 0.150 e. The minimum absolute atomic E-state index is 0.204. The molecule has 2 N–H and O–H groups in total. The fourth-order valence-electron chi connectivity index (χ4n) is 1.19. The molecule has 0 aliphatic carbocycles. The van der Waals surface area contributed by atoms with Crippen LogP contribution in [0.15, 0.2) is 24.3 Å². The van der Waals surface area contributed by atoms with Crippen molar-refractivity contribution in [3.63, 3.8) is 0 Å². The number of carbonyl (C=O) groups is 1. The molecule has 3 nitrogen and oxygen atoms in total. The van der Waals surface area contributed by atoms with Crippen LogP contribution in [-0.4, -0.2) is 17.6 Å². The van der Waals surface area contributed by atoms with E-state index < -0.39 is 6.23 Å². The van der Waals surface area contributed by atoms with Crippen LogP contribution in [0.3, 0.4) is 0 Å². The lowest BCUT2D eigenvalue weighted by Gasteiger charge is -2.19. The van der Waals surface area contributed by atoms with E-state index in [4.69, 9.17) is 0 Å². The van der Waals surface area contributed by atoms with E-state index in [1.807, 2.05) is 13.8 Å². The molecule has 2 atom stereocenters. The van der Waals surface area contributed by atoms with Crippen molar-refractivity contribution >= 4 is 12.0 Å². The SMILES string of the molecule is CC[C@H](C)C(O)Nc1ccc(C=O)cc1. The second-order valence-electron chi connectivity index (χ2n) is 3.71. The lowest BCUT2D eigenvalue weighted by atomic mass is 10.1. The van der Waals surface area contributed by atoms with E-state index in [2.05, 4.69) is 5.32 Å². The van der Waals surface area contributed by atoms with Gasteiger partial charge in [-0.1, -0.05) is 13.8 Å². The molecule has 0 bridgehead atoms. The highest BCUT2D eigenvalue weighted by atomic mass is 16.3. The van der Waals surface area contributed by atoms with Gasteiger partial charge in [0.1, 0.15) is 12.5 Å². The second kappa shape index (κ2) is 5.51. The van der Waals surface area contributed by atoms with Crippen molar-refractivity contribution in [3.05, 3.63) is 29.8 Å². The molecule has 0 saturated heterocycles. The Morgan fingerprint density at radius 2 is 2.00 bits per heavy atom. The topological polar surface area (TPSA) is 49.3 Å². The molecule has 0 saturated carbocycles. The molecule has 1 aromatic carbocycles. The standard InChI is InChI=1S/C12H17NO2/c1-3-9(2)12(15)13-11-6-4-10(8-14)5-7-11/h4-9,12-13,15H,3H2,1-2H3/t9-,12?/m0/s1.